The van der Waals surface area contributed by atoms with Crippen LogP contribution in [-0.2, 0) is 4.74 Å². The first-order valence-electron chi connectivity index (χ1n) is 5.83. The van der Waals surface area contributed by atoms with Gasteiger partial charge in [0.15, 0.2) is 0 Å². The molecule has 0 saturated heterocycles. The van der Waals surface area contributed by atoms with Crippen molar-refractivity contribution in [1.82, 2.24) is 4.90 Å². The van der Waals surface area contributed by atoms with E-state index < -0.39 is 5.97 Å². The second kappa shape index (κ2) is 6.55. The molecule has 0 radical (unpaired) electrons. The van der Waals surface area contributed by atoms with Crippen LogP contribution < -0.4 is 0 Å². The fourth-order valence-electron chi connectivity index (χ4n) is 1.57. The summed E-state index contributed by atoms with van der Waals surface area (Å²) in [6, 6.07) is 8.18. The highest BCUT2D eigenvalue weighted by Crippen LogP contribution is 2.11. The quantitative estimate of drug-likeness (QED) is 0.774. The van der Waals surface area contributed by atoms with E-state index in [1.165, 1.54) is 18.1 Å². The molecule has 0 aliphatic rings. The molecule has 5 heteroatoms. The van der Waals surface area contributed by atoms with Crippen molar-refractivity contribution in [2.45, 2.75) is 19.4 Å². The average molecular weight is 260 g/mol. The average Bonchev–Trinajstić information content (AvgIpc) is 2.45. The summed E-state index contributed by atoms with van der Waals surface area (Å²) >= 11 is 0. The van der Waals surface area contributed by atoms with Crippen LogP contribution in [0.2, 0.25) is 0 Å². The van der Waals surface area contributed by atoms with Gasteiger partial charge in [0.2, 0.25) is 0 Å². The summed E-state index contributed by atoms with van der Waals surface area (Å²) in [4.78, 5) is 25.1. The van der Waals surface area contributed by atoms with Crippen LogP contribution in [-0.4, -0.2) is 37.0 Å². The Morgan fingerprint density at radius 3 is 2.63 bits per heavy atom. The molecule has 0 aliphatic carbocycles. The third-order valence-electron chi connectivity index (χ3n) is 2.90. The number of rotatable bonds is 4. The second-order valence-corrected chi connectivity index (χ2v) is 4.20. The normalized spacial score (nSPS) is 11.3. The Kier molecular flexibility index (Phi) is 5.07. The highest BCUT2D eigenvalue weighted by Gasteiger charge is 2.18. The highest BCUT2D eigenvalue weighted by atomic mass is 16.5. The lowest BCUT2D eigenvalue weighted by Crippen LogP contribution is -2.34. The number of carbonyl (C=O) groups excluding carboxylic acids is 2. The molecule has 1 unspecified atom stereocenters. The van der Waals surface area contributed by atoms with Crippen LogP contribution in [0.3, 0.4) is 0 Å². The van der Waals surface area contributed by atoms with Gasteiger partial charge in [-0.3, -0.25) is 4.79 Å². The maximum atomic E-state index is 12.2. The molecule has 0 saturated carbocycles. The van der Waals surface area contributed by atoms with Crippen LogP contribution in [0.15, 0.2) is 24.3 Å². The van der Waals surface area contributed by atoms with Crippen molar-refractivity contribution in [2.24, 2.45) is 0 Å². The van der Waals surface area contributed by atoms with E-state index >= 15 is 0 Å². The Hall–Kier alpha value is -2.35. The number of methoxy groups -OCH3 is 1. The van der Waals surface area contributed by atoms with E-state index in [9.17, 15) is 9.59 Å². The number of hydrogen-bond acceptors (Lipinski definition) is 4. The topological polar surface area (TPSA) is 70.4 Å². The molecular formula is C14H16N2O3. The van der Waals surface area contributed by atoms with Crippen molar-refractivity contribution in [3.05, 3.63) is 35.4 Å². The minimum atomic E-state index is -0.484. The smallest absolute Gasteiger partial charge is 0.337 e. The molecule has 1 rings (SSSR count). The first-order chi connectivity index (χ1) is 9.01. The van der Waals surface area contributed by atoms with Gasteiger partial charge in [-0.25, -0.2) is 4.79 Å². The number of nitriles is 1. The van der Waals surface area contributed by atoms with Crippen LogP contribution in [0, 0.1) is 11.3 Å². The Morgan fingerprint density at radius 2 is 2.05 bits per heavy atom. The molecule has 0 bridgehead atoms. The van der Waals surface area contributed by atoms with Crippen LogP contribution in [0.1, 0.15) is 34.1 Å². The molecule has 0 fully saturated rings. The Bertz CT molecular complexity index is 520. The van der Waals surface area contributed by atoms with Gasteiger partial charge >= 0.3 is 5.97 Å². The predicted molar refractivity (Wildman–Crippen MR) is 69.6 cm³/mol. The summed E-state index contributed by atoms with van der Waals surface area (Å²) in [7, 11) is 2.92. The van der Waals surface area contributed by atoms with Crippen LogP contribution in [0.5, 0.6) is 0 Å². The highest BCUT2D eigenvalue weighted by molar-refractivity contribution is 5.97. The van der Waals surface area contributed by atoms with Gasteiger partial charge in [0.05, 0.1) is 25.2 Å². The molecule has 5 nitrogen and oxygen atoms in total. The molecule has 1 aromatic carbocycles. The lowest BCUT2D eigenvalue weighted by atomic mass is 10.1. The first kappa shape index (κ1) is 14.7. The summed E-state index contributed by atoms with van der Waals surface area (Å²) in [5.41, 5.74) is 0.727. The van der Waals surface area contributed by atoms with Gasteiger partial charge in [0, 0.05) is 18.7 Å². The summed E-state index contributed by atoms with van der Waals surface area (Å²) in [5, 5.41) is 8.64. The van der Waals surface area contributed by atoms with Gasteiger partial charge in [-0.15, -0.1) is 0 Å². The molecule has 0 heterocycles. The molecule has 19 heavy (non-hydrogen) atoms. The Labute approximate surface area is 112 Å². The number of carbonyl (C=O) groups is 2. The summed E-state index contributed by atoms with van der Waals surface area (Å²) in [6.45, 7) is 1.80. The molecular weight excluding hydrogens is 244 g/mol. The Morgan fingerprint density at radius 1 is 1.42 bits per heavy atom. The SMILES string of the molecule is COC(=O)c1cccc(C(=O)N(C)C(C)CC#N)c1. The largest absolute Gasteiger partial charge is 0.465 e. The monoisotopic (exact) mass is 260 g/mol. The standard InChI is InChI=1S/C14H16N2O3/c1-10(7-8-15)16(2)13(17)11-5-4-6-12(9-11)14(18)19-3/h4-6,9-10H,7H2,1-3H3. The van der Waals surface area contributed by atoms with E-state index in [4.69, 9.17) is 5.26 Å². The molecule has 1 atom stereocenters. The fourth-order valence-corrected chi connectivity index (χ4v) is 1.57. The number of hydrogen-bond donors (Lipinski definition) is 0. The lowest BCUT2D eigenvalue weighted by Gasteiger charge is -2.23. The maximum absolute atomic E-state index is 12.2. The van der Waals surface area contributed by atoms with Gasteiger partial charge in [0.25, 0.3) is 5.91 Å². The van der Waals surface area contributed by atoms with E-state index in [1.807, 2.05) is 6.07 Å². The third-order valence-corrected chi connectivity index (χ3v) is 2.90. The number of amides is 1. The zero-order chi connectivity index (χ0) is 14.4. The van der Waals surface area contributed by atoms with Crippen LogP contribution in [0.25, 0.3) is 0 Å². The number of esters is 1. The first-order valence-corrected chi connectivity index (χ1v) is 5.83. The minimum absolute atomic E-state index is 0.181. The van der Waals surface area contributed by atoms with E-state index in [-0.39, 0.29) is 18.4 Å². The summed E-state index contributed by atoms with van der Waals surface area (Å²) < 4.78 is 4.61. The van der Waals surface area contributed by atoms with E-state index in [0.717, 1.165) is 0 Å². The predicted octanol–water partition coefficient (Wildman–Crippen LogP) is 1.85. The zero-order valence-electron chi connectivity index (χ0n) is 11.2. The van der Waals surface area contributed by atoms with Crippen molar-refractivity contribution in [1.29, 1.82) is 5.26 Å². The Balaban J connectivity index is 2.94. The van der Waals surface area contributed by atoms with E-state index in [2.05, 4.69) is 4.74 Å². The van der Waals surface area contributed by atoms with Crippen LogP contribution in [0.4, 0.5) is 0 Å². The molecule has 100 valence electrons. The van der Waals surface area contributed by atoms with E-state index in [0.29, 0.717) is 11.1 Å². The molecule has 0 N–H and O–H groups in total. The molecule has 1 amide bonds. The second-order valence-electron chi connectivity index (χ2n) is 4.20. The third kappa shape index (κ3) is 3.55. The van der Waals surface area contributed by atoms with Crippen molar-refractivity contribution in [3.8, 4) is 6.07 Å². The molecule has 0 aliphatic heterocycles. The van der Waals surface area contributed by atoms with Crippen molar-refractivity contribution in [2.75, 3.05) is 14.2 Å². The number of ether oxygens (including phenoxy) is 1. The summed E-state index contributed by atoms with van der Waals surface area (Å²) in [6.07, 6.45) is 0.263. The number of nitrogens with zero attached hydrogens (tertiary/aromatic N) is 2. The van der Waals surface area contributed by atoms with E-state index in [1.54, 1.807) is 32.2 Å². The van der Waals surface area contributed by atoms with Crippen molar-refractivity contribution in [3.63, 3.8) is 0 Å². The van der Waals surface area contributed by atoms with Crippen molar-refractivity contribution < 1.29 is 14.3 Å². The van der Waals surface area contributed by atoms with Crippen molar-refractivity contribution >= 4 is 11.9 Å². The molecule has 0 aromatic heterocycles. The van der Waals surface area contributed by atoms with Gasteiger partial charge in [0.1, 0.15) is 0 Å². The maximum Gasteiger partial charge on any atom is 0.337 e. The summed E-state index contributed by atoms with van der Waals surface area (Å²) in [5.74, 6) is -0.712. The molecule has 0 spiro atoms. The van der Waals surface area contributed by atoms with Gasteiger partial charge < -0.3 is 9.64 Å². The fraction of sp³-hybridized carbons (Fsp3) is 0.357. The minimum Gasteiger partial charge on any atom is -0.465 e. The molecule has 1 aromatic rings. The lowest BCUT2D eigenvalue weighted by molar-refractivity contribution is 0.0600. The zero-order valence-corrected chi connectivity index (χ0v) is 11.2. The van der Waals surface area contributed by atoms with Crippen LogP contribution >= 0.6 is 0 Å². The van der Waals surface area contributed by atoms with Gasteiger partial charge in [-0.1, -0.05) is 6.07 Å². The van der Waals surface area contributed by atoms with Gasteiger partial charge in [-0.05, 0) is 25.1 Å². The van der Waals surface area contributed by atoms with Gasteiger partial charge in [-0.2, -0.15) is 5.26 Å². The number of benzene rings is 1.